The van der Waals surface area contributed by atoms with Gasteiger partial charge in [0.15, 0.2) is 0 Å². The smallest absolute Gasteiger partial charge is 0.386 e. The Kier molecular flexibility index (Phi) is 5.77. The minimum absolute atomic E-state index is 0.345. The van der Waals surface area contributed by atoms with Crippen molar-refractivity contribution in [3.63, 3.8) is 0 Å². The van der Waals surface area contributed by atoms with Gasteiger partial charge in [0.2, 0.25) is 0 Å². The minimum atomic E-state index is -5.01. The second-order valence-corrected chi connectivity index (χ2v) is 5.93. The first kappa shape index (κ1) is 21.0. The highest BCUT2D eigenvalue weighted by Crippen LogP contribution is 2.36. The van der Waals surface area contributed by atoms with Crippen molar-refractivity contribution in [3.8, 4) is 0 Å². The molecule has 0 aliphatic heterocycles. The van der Waals surface area contributed by atoms with E-state index in [2.05, 4.69) is 4.74 Å². The third-order valence-corrected chi connectivity index (χ3v) is 3.67. The molecule has 0 saturated heterocycles. The lowest BCUT2D eigenvalue weighted by molar-refractivity contribution is -0.138. The van der Waals surface area contributed by atoms with E-state index in [0.717, 1.165) is 12.1 Å². The van der Waals surface area contributed by atoms with Crippen LogP contribution in [-0.2, 0) is 17.1 Å². The Labute approximate surface area is 157 Å². The number of ether oxygens (including phenoxy) is 1. The predicted molar refractivity (Wildman–Crippen MR) is 82.7 cm³/mol. The third-order valence-electron chi connectivity index (χ3n) is 3.20. The minimum Gasteiger partial charge on any atom is -0.386 e. The summed E-state index contributed by atoms with van der Waals surface area (Å²) in [5, 5.41) is -0.690. The SMILES string of the molecule is O=C(OC(=O)c1ccc(Cl)cc1C(F)(F)F)c1ccc(Cl)cc1C(F)(F)F. The fraction of sp³-hybridized carbons (Fsp3) is 0.125. The molecule has 0 bridgehead atoms. The molecule has 0 radical (unpaired) electrons. The molecule has 3 nitrogen and oxygen atoms in total. The topological polar surface area (TPSA) is 43.4 Å². The molecule has 0 aromatic heterocycles. The third kappa shape index (κ3) is 4.92. The molecule has 2 aromatic carbocycles. The van der Waals surface area contributed by atoms with Crippen LogP contribution < -0.4 is 0 Å². The zero-order valence-corrected chi connectivity index (χ0v) is 14.2. The van der Waals surface area contributed by atoms with Gasteiger partial charge in [0.1, 0.15) is 0 Å². The van der Waals surface area contributed by atoms with Crippen molar-refractivity contribution >= 4 is 35.1 Å². The van der Waals surface area contributed by atoms with Crippen LogP contribution in [0.1, 0.15) is 31.8 Å². The molecule has 0 saturated carbocycles. The molecule has 27 heavy (non-hydrogen) atoms. The van der Waals surface area contributed by atoms with Crippen molar-refractivity contribution in [1.29, 1.82) is 0 Å². The van der Waals surface area contributed by atoms with Crippen molar-refractivity contribution in [2.75, 3.05) is 0 Å². The summed E-state index contributed by atoms with van der Waals surface area (Å²) >= 11 is 10.9. The molecule has 0 N–H and O–H groups in total. The molecule has 2 aromatic rings. The second-order valence-electron chi connectivity index (χ2n) is 5.05. The Morgan fingerprint density at radius 2 is 1.04 bits per heavy atom. The number of alkyl halides is 6. The number of rotatable bonds is 2. The van der Waals surface area contributed by atoms with Gasteiger partial charge in [-0.3, -0.25) is 0 Å². The maximum atomic E-state index is 13.0. The predicted octanol–water partition coefficient (Wildman–Crippen LogP) is 6.03. The van der Waals surface area contributed by atoms with Gasteiger partial charge in [-0.05, 0) is 36.4 Å². The molecule has 0 spiro atoms. The molecule has 144 valence electrons. The van der Waals surface area contributed by atoms with Crippen LogP contribution in [0.2, 0.25) is 10.0 Å². The summed E-state index contributed by atoms with van der Waals surface area (Å²) in [6, 6.07) is 4.00. The lowest BCUT2D eigenvalue weighted by atomic mass is 10.1. The molecular weight excluding hydrogens is 425 g/mol. The van der Waals surface area contributed by atoms with Crippen LogP contribution in [-0.4, -0.2) is 11.9 Å². The van der Waals surface area contributed by atoms with Gasteiger partial charge in [-0.25, -0.2) is 9.59 Å². The number of esters is 2. The molecule has 2 rings (SSSR count). The zero-order valence-electron chi connectivity index (χ0n) is 12.7. The van der Waals surface area contributed by atoms with E-state index < -0.39 is 46.5 Å². The van der Waals surface area contributed by atoms with Gasteiger partial charge in [0.05, 0.1) is 22.3 Å². The summed E-state index contributed by atoms with van der Waals surface area (Å²) in [7, 11) is 0. The van der Waals surface area contributed by atoms with E-state index in [1.807, 2.05) is 0 Å². The number of benzene rings is 2. The maximum absolute atomic E-state index is 13.0. The zero-order chi connectivity index (χ0) is 20.6. The van der Waals surface area contributed by atoms with E-state index in [1.54, 1.807) is 0 Å². The van der Waals surface area contributed by atoms with E-state index in [4.69, 9.17) is 23.2 Å². The molecule has 11 heteroatoms. The van der Waals surface area contributed by atoms with E-state index in [0.29, 0.717) is 24.3 Å². The normalized spacial score (nSPS) is 12.0. The highest BCUT2D eigenvalue weighted by Gasteiger charge is 2.38. The van der Waals surface area contributed by atoms with Crippen LogP contribution >= 0.6 is 23.2 Å². The summed E-state index contributed by atoms with van der Waals surface area (Å²) in [4.78, 5) is 23.9. The van der Waals surface area contributed by atoms with Crippen LogP contribution in [0.3, 0.4) is 0 Å². The van der Waals surface area contributed by atoms with Crippen LogP contribution in [0, 0.1) is 0 Å². The Morgan fingerprint density at radius 1 is 0.704 bits per heavy atom. The molecule has 0 amide bonds. The first-order valence-electron chi connectivity index (χ1n) is 6.80. The Morgan fingerprint density at radius 3 is 1.33 bits per heavy atom. The Bertz CT molecular complexity index is 833. The maximum Gasteiger partial charge on any atom is 0.417 e. The first-order chi connectivity index (χ1) is 12.3. The quantitative estimate of drug-likeness (QED) is 0.332. The largest absolute Gasteiger partial charge is 0.417 e. The second kappa shape index (κ2) is 7.40. The van der Waals surface area contributed by atoms with Gasteiger partial charge in [0.25, 0.3) is 0 Å². The summed E-state index contributed by atoms with van der Waals surface area (Å²) in [5.74, 6) is -3.57. The number of hydrogen-bond acceptors (Lipinski definition) is 3. The molecule has 0 heterocycles. The van der Waals surface area contributed by atoms with Gasteiger partial charge in [-0.2, -0.15) is 26.3 Å². The first-order valence-corrected chi connectivity index (χ1v) is 7.56. The average molecular weight is 431 g/mol. The lowest BCUT2D eigenvalue weighted by Crippen LogP contribution is -2.20. The van der Waals surface area contributed by atoms with Gasteiger partial charge in [-0.1, -0.05) is 23.2 Å². The molecule has 0 atom stereocenters. The fourth-order valence-electron chi connectivity index (χ4n) is 2.05. The average Bonchev–Trinajstić information content (AvgIpc) is 2.52. The highest BCUT2D eigenvalue weighted by molar-refractivity contribution is 6.31. The molecule has 0 aliphatic carbocycles. The van der Waals surface area contributed by atoms with E-state index in [1.165, 1.54) is 0 Å². The van der Waals surface area contributed by atoms with Crippen molar-refractivity contribution in [2.24, 2.45) is 0 Å². The van der Waals surface area contributed by atoms with E-state index >= 15 is 0 Å². The summed E-state index contributed by atoms with van der Waals surface area (Å²) in [5.41, 5.74) is -5.16. The van der Waals surface area contributed by atoms with Gasteiger partial charge < -0.3 is 4.74 Å². The molecule has 0 fully saturated rings. The molecular formula is C16H6Cl2F6O3. The van der Waals surface area contributed by atoms with Crippen LogP contribution in [0.4, 0.5) is 26.3 Å². The Hall–Kier alpha value is -2.26. The van der Waals surface area contributed by atoms with Crippen molar-refractivity contribution in [3.05, 3.63) is 68.7 Å². The van der Waals surface area contributed by atoms with Gasteiger partial charge >= 0.3 is 24.3 Å². The van der Waals surface area contributed by atoms with Crippen LogP contribution in [0.25, 0.3) is 0 Å². The number of halogens is 8. The number of hydrogen-bond donors (Lipinski definition) is 0. The van der Waals surface area contributed by atoms with E-state index in [9.17, 15) is 35.9 Å². The Balaban J connectivity index is 2.40. The lowest BCUT2D eigenvalue weighted by Gasteiger charge is -2.14. The fourth-order valence-corrected chi connectivity index (χ4v) is 2.40. The van der Waals surface area contributed by atoms with Gasteiger partial charge in [-0.15, -0.1) is 0 Å². The van der Waals surface area contributed by atoms with Crippen LogP contribution in [0.5, 0.6) is 0 Å². The summed E-state index contributed by atoms with van der Waals surface area (Å²) in [6.07, 6.45) is -10.0. The highest BCUT2D eigenvalue weighted by atomic mass is 35.5. The molecule has 0 unspecified atom stereocenters. The van der Waals surface area contributed by atoms with Crippen molar-refractivity contribution in [1.82, 2.24) is 0 Å². The van der Waals surface area contributed by atoms with Crippen molar-refractivity contribution < 1.29 is 40.7 Å². The van der Waals surface area contributed by atoms with E-state index in [-0.39, 0.29) is 10.0 Å². The monoisotopic (exact) mass is 430 g/mol. The van der Waals surface area contributed by atoms with Crippen LogP contribution in [0.15, 0.2) is 36.4 Å². The number of carbonyl (C=O) groups excluding carboxylic acids is 2. The molecule has 0 aliphatic rings. The number of carbonyl (C=O) groups is 2. The summed E-state index contributed by atoms with van der Waals surface area (Å²) < 4.78 is 82.2. The van der Waals surface area contributed by atoms with Crippen molar-refractivity contribution in [2.45, 2.75) is 12.4 Å². The van der Waals surface area contributed by atoms with Gasteiger partial charge in [0, 0.05) is 10.0 Å². The summed E-state index contributed by atoms with van der Waals surface area (Å²) in [6.45, 7) is 0. The standard InChI is InChI=1S/C16H6Cl2F6O3/c17-7-1-3-9(11(5-7)15(19,20)21)13(25)27-14(26)10-4-2-8(18)6-12(10)16(22,23)24/h1-6H.